The normalized spacial score (nSPS) is 17.6. The van der Waals surface area contributed by atoms with E-state index in [1.54, 1.807) is 25.3 Å². The first kappa shape index (κ1) is 18.3. The van der Waals surface area contributed by atoms with E-state index in [4.69, 9.17) is 9.47 Å². The van der Waals surface area contributed by atoms with Crippen molar-refractivity contribution in [3.05, 3.63) is 23.8 Å². The topological polar surface area (TPSA) is 71.3 Å². The molecule has 0 saturated heterocycles. The SMILES string of the molecule is CC[C@H](C)Oc1ccc(NC(=O)C2(OC)CCCCC2)c(C#N)c1. The van der Waals surface area contributed by atoms with E-state index in [0.717, 1.165) is 25.7 Å². The highest BCUT2D eigenvalue weighted by Gasteiger charge is 2.39. The number of benzene rings is 1. The van der Waals surface area contributed by atoms with Crippen molar-refractivity contribution in [3.63, 3.8) is 0 Å². The van der Waals surface area contributed by atoms with Crippen LogP contribution in [0.3, 0.4) is 0 Å². The van der Waals surface area contributed by atoms with Crippen LogP contribution in [0.25, 0.3) is 0 Å². The average Bonchev–Trinajstić information content (AvgIpc) is 2.63. The Kier molecular flexibility index (Phi) is 6.22. The highest BCUT2D eigenvalue weighted by atomic mass is 16.5. The van der Waals surface area contributed by atoms with Crippen molar-refractivity contribution >= 4 is 11.6 Å². The number of nitrogens with zero attached hydrogens (tertiary/aromatic N) is 1. The predicted molar refractivity (Wildman–Crippen MR) is 93.0 cm³/mol. The molecule has 0 bridgehead atoms. The summed E-state index contributed by atoms with van der Waals surface area (Å²) < 4.78 is 11.3. The number of nitriles is 1. The van der Waals surface area contributed by atoms with Crippen LogP contribution in [0, 0.1) is 11.3 Å². The molecule has 0 aromatic heterocycles. The Morgan fingerprint density at radius 1 is 1.38 bits per heavy atom. The number of carbonyl (C=O) groups excluding carboxylic acids is 1. The lowest BCUT2D eigenvalue weighted by Crippen LogP contribution is -2.46. The van der Waals surface area contributed by atoms with Gasteiger partial charge in [-0.2, -0.15) is 5.26 Å². The van der Waals surface area contributed by atoms with E-state index in [1.807, 2.05) is 13.8 Å². The molecule has 1 aliphatic carbocycles. The van der Waals surface area contributed by atoms with Crippen molar-refractivity contribution in [2.75, 3.05) is 12.4 Å². The highest BCUT2D eigenvalue weighted by molar-refractivity contribution is 5.98. The summed E-state index contributed by atoms with van der Waals surface area (Å²) in [5.74, 6) is 0.467. The van der Waals surface area contributed by atoms with E-state index in [0.29, 0.717) is 29.8 Å². The van der Waals surface area contributed by atoms with Crippen LogP contribution in [0.1, 0.15) is 57.9 Å². The lowest BCUT2D eigenvalue weighted by Gasteiger charge is -2.34. The fraction of sp³-hybridized carbons (Fsp3) is 0.579. The van der Waals surface area contributed by atoms with Crippen LogP contribution in [0.2, 0.25) is 0 Å². The molecule has 0 heterocycles. The standard InChI is InChI=1S/C19H26N2O3/c1-4-14(2)24-16-8-9-17(15(12-16)13-20)21-18(22)19(23-3)10-6-5-7-11-19/h8-9,12,14H,4-7,10-11H2,1-3H3,(H,21,22)/t14-/m0/s1. The molecule has 5 nitrogen and oxygen atoms in total. The van der Waals surface area contributed by atoms with E-state index in [9.17, 15) is 10.1 Å². The Labute approximate surface area is 144 Å². The third-order valence-corrected chi connectivity index (χ3v) is 4.74. The molecule has 0 unspecified atom stereocenters. The number of hydrogen-bond acceptors (Lipinski definition) is 4. The molecule has 0 spiro atoms. The van der Waals surface area contributed by atoms with Crippen LogP contribution < -0.4 is 10.1 Å². The summed E-state index contributed by atoms with van der Waals surface area (Å²) >= 11 is 0. The predicted octanol–water partition coefficient (Wildman–Crippen LogP) is 4.02. The third-order valence-electron chi connectivity index (χ3n) is 4.74. The van der Waals surface area contributed by atoms with Crippen LogP contribution in [0.15, 0.2) is 18.2 Å². The number of hydrogen-bond donors (Lipinski definition) is 1. The number of nitrogens with one attached hydrogen (secondary N) is 1. The van der Waals surface area contributed by atoms with Crippen LogP contribution >= 0.6 is 0 Å². The average molecular weight is 330 g/mol. The number of carbonyl (C=O) groups is 1. The molecule has 130 valence electrons. The minimum Gasteiger partial charge on any atom is -0.491 e. The Morgan fingerprint density at radius 2 is 2.08 bits per heavy atom. The molecular weight excluding hydrogens is 304 g/mol. The molecule has 1 aliphatic rings. The van der Waals surface area contributed by atoms with E-state index in [2.05, 4.69) is 11.4 Å². The van der Waals surface area contributed by atoms with Gasteiger partial charge < -0.3 is 14.8 Å². The molecule has 1 N–H and O–H groups in total. The van der Waals surface area contributed by atoms with Gasteiger partial charge in [-0.1, -0.05) is 26.2 Å². The number of anilines is 1. The summed E-state index contributed by atoms with van der Waals surface area (Å²) in [5, 5.41) is 12.3. The summed E-state index contributed by atoms with van der Waals surface area (Å²) in [5.41, 5.74) is 0.115. The molecule has 2 rings (SSSR count). The van der Waals surface area contributed by atoms with Crippen molar-refractivity contribution in [2.45, 2.75) is 64.1 Å². The largest absolute Gasteiger partial charge is 0.491 e. The number of rotatable bonds is 6. The smallest absolute Gasteiger partial charge is 0.256 e. The van der Waals surface area contributed by atoms with Gasteiger partial charge in [0.2, 0.25) is 0 Å². The van der Waals surface area contributed by atoms with Gasteiger partial charge in [-0.3, -0.25) is 4.79 Å². The first-order chi connectivity index (χ1) is 11.5. The number of amides is 1. The molecule has 1 atom stereocenters. The highest BCUT2D eigenvalue weighted by Crippen LogP contribution is 2.33. The van der Waals surface area contributed by atoms with E-state index in [1.165, 1.54) is 0 Å². The van der Waals surface area contributed by atoms with Gasteiger partial charge in [0.1, 0.15) is 17.4 Å². The second-order valence-electron chi connectivity index (χ2n) is 6.37. The Morgan fingerprint density at radius 3 is 2.67 bits per heavy atom. The Hall–Kier alpha value is -2.06. The molecule has 0 radical (unpaired) electrons. The summed E-state index contributed by atoms with van der Waals surface area (Å²) in [6, 6.07) is 7.30. The van der Waals surface area contributed by atoms with Crippen molar-refractivity contribution < 1.29 is 14.3 Å². The van der Waals surface area contributed by atoms with Crippen molar-refractivity contribution in [2.24, 2.45) is 0 Å². The van der Waals surface area contributed by atoms with Crippen LogP contribution in [-0.4, -0.2) is 24.7 Å². The Balaban J connectivity index is 2.16. The Bertz CT molecular complexity index is 616. The van der Waals surface area contributed by atoms with Crippen LogP contribution in [0.5, 0.6) is 5.75 Å². The maximum atomic E-state index is 12.7. The number of methoxy groups -OCH3 is 1. The van der Waals surface area contributed by atoms with Gasteiger partial charge in [-0.25, -0.2) is 0 Å². The molecular formula is C19H26N2O3. The minimum atomic E-state index is -0.781. The van der Waals surface area contributed by atoms with Gasteiger partial charge in [0.25, 0.3) is 5.91 Å². The second kappa shape index (κ2) is 8.16. The molecule has 1 saturated carbocycles. The van der Waals surface area contributed by atoms with E-state index < -0.39 is 5.60 Å². The third kappa shape index (κ3) is 4.07. The fourth-order valence-electron chi connectivity index (χ4n) is 3.00. The summed E-state index contributed by atoms with van der Waals surface area (Å²) in [4.78, 5) is 12.7. The van der Waals surface area contributed by atoms with Gasteiger partial charge in [-0.15, -0.1) is 0 Å². The van der Waals surface area contributed by atoms with Crippen molar-refractivity contribution in [1.82, 2.24) is 0 Å². The summed E-state index contributed by atoms with van der Waals surface area (Å²) in [6.45, 7) is 4.02. The lowest BCUT2D eigenvalue weighted by atomic mass is 9.84. The zero-order chi connectivity index (χ0) is 17.6. The van der Waals surface area contributed by atoms with Crippen molar-refractivity contribution in [1.29, 1.82) is 5.26 Å². The molecule has 1 aromatic carbocycles. The van der Waals surface area contributed by atoms with Gasteiger partial charge in [-0.05, 0) is 38.3 Å². The van der Waals surface area contributed by atoms with Gasteiger partial charge in [0.05, 0.1) is 17.4 Å². The van der Waals surface area contributed by atoms with Gasteiger partial charge >= 0.3 is 0 Å². The minimum absolute atomic E-state index is 0.0796. The van der Waals surface area contributed by atoms with E-state index >= 15 is 0 Å². The molecule has 1 fully saturated rings. The first-order valence-electron chi connectivity index (χ1n) is 8.62. The summed E-state index contributed by atoms with van der Waals surface area (Å²) in [6.07, 6.45) is 5.48. The maximum absolute atomic E-state index is 12.7. The quantitative estimate of drug-likeness (QED) is 0.855. The van der Waals surface area contributed by atoms with Gasteiger partial charge in [0.15, 0.2) is 0 Å². The maximum Gasteiger partial charge on any atom is 0.256 e. The lowest BCUT2D eigenvalue weighted by molar-refractivity contribution is -0.141. The zero-order valence-electron chi connectivity index (χ0n) is 14.7. The number of ether oxygens (including phenoxy) is 2. The van der Waals surface area contributed by atoms with E-state index in [-0.39, 0.29) is 12.0 Å². The monoisotopic (exact) mass is 330 g/mol. The molecule has 1 aromatic rings. The zero-order valence-corrected chi connectivity index (χ0v) is 14.7. The molecule has 1 amide bonds. The van der Waals surface area contributed by atoms with Gasteiger partial charge in [0, 0.05) is 13.2 Å². The molecule has 5 heteroatoms. The van der Waals surface area contributed by atoms with Crippen LogP contribution in [0.4, 0.5) is 5.69 Å². The molecule has 0 aliphatic heterocycles. The first-order valence-corrected chi connectivity index (χ1v) is 8.62. The second-order valence-corrected chi connectivity index (χ2v) is 6.37. The van der Waals surface area contributed by atoms with Crippen LogP contribution in [-0.2, 0) is 9.53 Å². The fourth-order valence-corrected chi connectivity index (χ4v) is 3.00. The summed E-state index contributed by atoms with van der Waals surface area (Å²) in [7, 11) is 1.58. The molecule has 24 heavy (non-hydrogen) atoms. The van der Waals surface area contributed by atoms with Crippen molar-refractivity contribution in [3.8, 4) is 11.8 Å².